The number of fused-ring (bicyclic) bond motifs is 7. The zero-order chi connectivity index (χ0) is 15.0. The lowest BCUT2D eigenvalue weighted by molar-refractivity contribution is 0.269. The van der Waals surface area contributed by atoms with Gasteiger partial charge in [0.05, 0.1) is 0 Å². The molecule has 2 aliphatic carbocycles. The van der Waals surface area contributed by atoms with Gasteiger partial charge in [0.15, 0.2) is 0 Å². The van der Waals surface area contributed by atoms with Crippen LogP contribution in [0.25, 0.3) is 33.0 Å². The third-order valence-electron chi connectivity index (χ3n) is 5.35. The highest BCUT2D eigenvalue weighted by atomic mass is 16.5. The Morgan fingerprint density at radius 3 is 2.43 bits per heavy atom. The molecule has 0 N–H and O–H groups in total. The molecule has 0 saturated heterocycles. The average Bonchev–Trinajstić information content (AvgIpc) is 3.13. The van der Waals surface area contributed by atoms with E-state index >= 15 is 0 Å². The summed E-state index contributed by atoms with van der Waals surface area (Å²) in [5.41, 5.74) is 6.69. The van der Waals surface area contributed by atoms with Gasteiger partial charge in [-0.2, -0.15) is 0 Å². The molecule has 1 heterocycles. The van der Waals surface area contributed by atoms with Gasteiger partial charge in [0.1, 0.15) is 11.9 Å². The molecule has 0 saturated carbocycles. The van der Waals surface area contributed by atoms with Crippen LogP contribution in [0.2, 0.25) is 0 Å². The predicted molar refractivity (Wildman–Crippen MR) is 93.8 cm³/mol. The Kier molecular flexibility index (Phi) is 2.01. The lowest BCUT2D eigenvalue weighted by Crippen LogP contribution is -2.15. The molecule has 0 spiro atoms. The highest BCUT2D eigenvalue weighted by Gasteiger charge is 2.36. The van der Waals surface area contributed by atoms with Crippen molar-refractivity contribution in [3.05, 3.63) is 78.4 Å². The zero-order valence-electron chi connectivity index (χ0n) is 12.5. The number of ether oxygens (including phenoxy) is 1. The van der Waals surface area contributed by atoms with E-state index in [4.69, 9.17) is 4.74 Å². The van der Waals surface area contributed by atoms with E-state index in [2.05, 4.69) is 72.8 Å². The van der Waals surface area contributed by atoms with Crippen molar-refractivity contribution in [1.29, 1.82) is 0 Å². The molecule has 2 atom stereocenters. The maximum absolute atomic E-state index is 6.26. The van der Waals surface area contributed by atoms with Crippen molar-refractivity contribution < 1.29 is 4.74 Å². The van der Waals surface area contributed by atoms with Crippen LogP contribution in [-0.2, 0) is 0 Å². The second kappa shape index (κ2) is 3.94. The monoisotopic (exact) mass is 294 g/mol. The molecule has 3 aliphatic rings. The predicted octanol–water partition coefficient (Wildman–Crippen LogP) is 5.46. The van der Waals surface area contributed by atoms with Crippen molar-refractivity contribution in [3.63, 3.8) is 0 Å². The third kappa shape index (κ3) is 1.34. The number of hydrogen-bond donors (Lipinski definition) is 0. The number of hydrogen-bond acceptors (Lipinski definition) is 1. The van der Waals surface area contributed by atoms with E-state index in [0.717, 1.165) is 5.75 Å². The van der Waals surface area contributed by atoms with Gasteiger partial charge in [0, 0.05) is 11.5 Å². The number of benzene rings is 3. The van der Waals surface area contributed by atoms with Crippen LogP contribution < -0.4 is 4.74 Å². The standard InChI is InChI=1S/C22H14O/c1-2-7-14-13(6-1)15-9-5-10-17-21(15)18(14)12-20-22(17)16-8-3-4-11-19(16)23-20/h1-12,16,19H. The highest BCUT2D eigenvalue weighted by Crippen LogP contribution is 2.54. The minimum atomic E-state index is 0.145. The Bertz CT molecular complexity index is 1060. The molecule has 3 aromatic rings. The summed E-state index contributed by atoms with van der Waals surface area (Å²) in [6, 6.07) is 17.6. The van der Waals surface area contributed by atoms with Gasteiger partial charge in [-0.15, -0.1) is 0 Å². The summed E-state index contributed by atoms with van der Waals surface area (Å²) in [5, 5.41) is 2.73. The molecule has 0 aromatic heterocycles. The first-order chi connectivity index (χ1) is 11.4. The second-order valence-corrected chi connectivity index (χ2v) is 6.49. The normalized spacial score (nSPS) is 21.9. The first-order valence-electron chi connectivity index (χ1n) is 8.13. The minimum absolute atomic E-state index is 0.145. The molecule has 1 aliphatic heterocycles. The van der Waals surface area contributed by atoms with E-state index in [9.17, 15) is 0 Å². The third-order valence-corrected chi connectivity index (χ3v) is 5.35. The van der Waals surface area contributed by atoms with Crippen LogP contribution in [0, 0.1) is 0 Å². The summed E-state index contributed by atoms with van der Waals surface area (Å²) in [5.74, 6) is 1.38. The Hall–Kier alpha value is -2.80. The van der Waals surface area contributed by atoms with Gasteiger partial charge in [-0.25, -0.2) is 0 Å². The molecule has 1 nitrogen and oxygen atoms in total. The maximum Gasteiger partial charge on any atom is 0.128 e. The molecule has 0 bridgehead atoms. The molecule has 3 aromatic carbocycles. The van der Waals surface area contributed by atoms with E-state index in [1.54, 1.807) is 0 Å². The molecule has 6 rings (SSSR count). The molecular formula is C22H14O. The van der Waals surface area contributed by atoms with Crippen molar-refractivity contribution in [2.75, 3.05) is 0 Å². The second-order valence-electron chi connectivity index (χ2n) is 6.49. The quantitative estimate of drug-likeness (QED) is 0.418. The Morgan fingerprint density at radius 1 is 0.739 bits per heavy atom. The van der Waals surface area contributed by atoms with Crippen LogP contribution in [0.3, 0.4) is 0 Å². The largest absolute Gasteiger partial charge is 0.485 e. The molecule has 1 heteroatoms. The topological polar surface area (TPSA) is 9.23 Å². The summed E-state index contributed by atoms with van der Waals surface area (Å²) >= 11 is 0. The molecule has 23 heavy (non-hydrogen) atoms. The molecule has 108 valence electrons. The van der Waals surface area contributed by atoms with Gasteiger partial charge in [0.25, 0.3) is 0 Å². The summed E-state index contributed by atoms with van der Waals surface area (Å²) < 4.78 is 6.26. The SMILES string of the molecule is C1=CC2Oc3cc4c5c(cccc5c3C2C=C1)-c1ccccc1-4. The van der Waals surface area contributed by atoms with Gasteiger partial charge >= 0.3 is 0 Å². The van der Waals surface area contributed by atoms with Crippen molar-refractivity contribution in [3.8, 4) is 28.0 Å². The summed E-state index contributed by atoms with van der Waals surface area (Å²) in [4.78, 5) is 0. The first kappa shape index (κ1) is 11.7. The molecule has 0 radical (unpaired) electrons. The van der Waals surface area contributed by atoms with Crippen LogP contribution >= 0.6 is 0 Å². The average molecular weight is 294 g/mol. The summed E-state index contributed by atoms with van der Waals surface area (Å²) in [6.45, 7) is 0. The van der Waals surface area contributed by atoms with Crippen molar-refractivity contribution >= 4 is 10.8 Å². The van der Waals surface area contributed by atoms with Crippen LogP contribution in [-0.4, -0.2) is 6.10 Å². The molecular weight excluding hydrogens is 280 g/mol. The smallest absolute Gasteiger partial charge is 0.128 e. The highest BCUT2D eigenvalue weighted by molar-refractivity contribution is 6.17. The fourth-order valence-electron chi connectivity index (χ4n) is 4.42. The number of rotatable bonds is 0. The van der Waals surface area contributed by atoms with E-state index in [-0.39, 0.29) is 6.10 Å². The summed E-state index contributed by atoms with van der Waals surface area (Å²) in [7, 11) is 0. The van der Waals surface area contributed by atoms with E-state index in [0.29, 0.717) is 5.92 Å². The molecule has 0 fully saturated rings. The fraction of sp³-hybridized carbons (Fsp3) is 0.0909. The van der Waals surface area contributed by atoms with Crippen LogP contribution in [0.1, 0.15) is 11.5 Å². The summed E-state index contributed by atoms with van der Waals surface area (Å²) in [6.07, 6.45) is 8.81. The Balaban J connectivity index is 1.76. The van der Waals surface area contributed by atoms with Gasteiger partial charge in [-0.05, 0) is 45.2 Å². The Morgan fingerprint density at radius 2 is 1.52 bits per heavy atom. The van der Waals surface area contributed by atoms with Crippen molar-refractivity contribution in [1.82, 2.24) is 0 Å². The van der Waals surface area contributed by atoms with E-state index in [1.807, 2.05) is 0 Å². The van der Waals surface area contributed by atoms with Crippen molar-refractivity contribution in [2.24, 2.45) is 0 Å². The van der Waals surface area contributed by atoms with Gasteiger partial charge in [-0.1, -0.05) is 60.7 Å². The lowest BCUT2D eigenvalue weighted by atomic mass is 9.87. The first-order valence-corrected chi connectivity index (χ1v) is 8.13. The van der Waals surface area contributed by atoms with E-state index < -0.39 is 0 Å². The van der Waals surface area contributed by atoms with Gasteiger partial charge in [-0.3, -0.25) is 0 Å². The zero-order valence-corrected chi connectivity index (χ0v) is 12.5. The van der Waals surface area contributed by atoms with E-state index in [1.165, 1.54) is 38.6 Å². The molecule has 2 unspecified atom stereocenters. The maximum atomic E-state index is 6.26. The Labute approximate surface area is 134 Å². The van der Waals surface area contributed by atoms with Crippen LogP contribution in [0.15, 0.2) is 72.8 Å². The van der Waals surface area contributed by atoms with Crippen molar-refractivity contribution in [2.45, 2.75) is 12.0 Å². The molecule has 0 amide bonds. The van der Waals surface area contributed by atoms with Crippen LogP contribution in [0.5, 0.6) is 5.75 Å². The van der Waals surface area contributed by atoms with Gasteiger partial charge in [0.2, 0.25) is 0 Å². The lowest BCUT2D eigenvalue weighted by Gasteiger charge is -2.15. The minimum Gasteiger partial charge on any atom is -0.485 e. The number of allylic oxidation sites excluding steroid dienone is 2. The van der Waals surface area contributed by atoms with Crippen LogP contribution in [0.4, 0.5) is 0 Å². The van der Waals surface area contributed by atoms with Gasteiger partial charge < -0.3 is 4.74 Å². The fourth-order valence-corrected chi connectivity index (χ4v) is 4.42.